The zero-order chi connectivity index (χ0) is 36.0. The van der Waals surface area contributed by atoms with E-state index in [4.69, 9.17) is 10.5 Å². The minimum absolute atomic E-state index is 0.0593. The number of nitrogens with zero attached hydrogens (tertiary/aromatic N) is 1. The second-order valence-electron chi connectivity index (χ2n) is 13.8. The molecule has 0 bridgehead atoms. The van der Waals surface area contributed by atoms with Crippen LogP contribution in [0.2, 0.25) is 0 Å². The van der Waals surface area contributed by atoms with E-state index in [2.05, 4.69) is 21.3 Å². The number of hydrogen-bond acceptors (Lipinski definition) is 8. The van der Waals surface area contributed by atoms with E-state index in [-0.39, 0.29) is 55.6 Å². The number of anilines is 1. The topological polar surface area (TPSA) is 209 Å². The molecule has 48 heavy (non-hydrogen) atoms. The fourth-order valence-corrected chi connectivity index (χ4v) is 5.09. The second kappa shape index (κ2) is 19.0. The molecule has 14 nitrogen and oxygen atoms in total. The molecular formula is C34H54N6O8. The molecule has 14 heteroatoms. The van der Waals surface area contributed by atoms with Crippen molar-refractivity contribution >= 4 is 41.3 Å². The van der Waals surface area contributed by atoms with Crippen LogP contribution in [0.25, 0.3) is 0 Å². The largest absolute Gasteiger partial charge is 0.460 e. The molecule has 0 radical (unpaired) electrons. The highest BCUT2D eigenvalue weighted by Crippen LogP contribution is 2.23. The number of carbonyl (C=O) groups excluding carboxylic acids is 6. The zero-order valence-electron chi connectivity index (χ0n) is 29.1. The van der Waals surface area contributed by atoms with Crippen LogP contribution in [-0.2, 0) is 35.3 Å². The highest BCUT2D eigenvalue weighted by Gasteiger charge is 2.35. The number of ether oxygens (including phenoxy) is 1. The predicted molar refractivity (Wildman–Crippen MR) is 180 cm³/mol. The highest BCUT2D eigenvalue weighted by atomic mass is 16.5. The van der Waals surface area contributed by atoms with Crippen molar-refractivity contribution in [2.75, 3.05) is 18.4 Å². The van der Waals surface area contributed by atoms with Crippen molar-refractivity contribution in [3.8, 4) is 0 Å². The molecule has 7 N–H and O–H groups in total. The van der Waals surface area contributed by atoms with Gasteiger partial charge in [0.1, 0.15) is 24.9 Å². The number of esters is 1. The Bertz CT molecular complexity index is 1260. The van der Waals surface area contributed by atoms with Crippen molar-refractivity contribution in [3.63, 3.8) is 0 Å². The fourth-order valence-electron chi connectivity index (χ4n) is 5.09. The van der Waals surface area contributed by atoms with E-state index in [1.54, 1.807) is 65.8 Å². The molecule has 1 aromatic rings. The molecule has 0 saturated carbocycles. The Hall–Kier alpha value is -4.20. The first-order chi connectivity index (χ1) is 22.5. The number of unbranched alkanes of at least 4 members (excludes halogenated alkanes) is 2. The van der Waals surface area contributed by atoms with Gasteiger partial charge in [-0.05, 0) is 70.1 Å². The van der Waals surface area contributed by atoms with Gasteiger partial charge in [-0.1, -0.05) is 39.3 Å². The van der Waals surface area contributed by atoms with Gasteiger partial charge in [0.15, 0.2) is 0 Å². The number of primary amides is 1. The summed E-state index contributed by atoms with van der Waals surface area (Å²) in [4.78, 5) is 76.2. The quantitative estimate of drug-likeness (QED) is 0.100. The molecule has 1 saturated heterocycles. The Morgan fingerprint density at radius 2 is 1.67 bits per heavy atom. The minimum atomic E-state index is -0.982. The standard InChI is InChI=1S/C34H54N6O8/c1-21(2)28(39-26(41)12-8-7-9-18-40-27(42)19-22(3)31(40)45)30(44)38-25(11-10-17-36-33(35)47)29(43)37-24-15-13-23(14-16-24)20-48-32(46)34(4,5)6/h13-16,21-22,25,27-28,42H,7-12,17-20H2,1-6H3,(H,37,43)(H,38,44)(H,39,41)(H3,35,36,47). The van der Waals surface area contributed by atoms with E-state index < -0.39 is 41.6 Å². The van der Waals surface area contributed by atoms with Gasteiger partial charge in [-0.15, -0.1) is 0 Å². The number of amides is 6. The molecule has 6 amide bonds. The van der Waals surface area contributed by atoms with Crippen LogP contribution in [0.5, 0.6) is 0 Å². The number of aliphatic hydroxyl groups is 1. The van der Waals surface area contributed by atoms with Gasteiger partial charge in [0, 0.05) is 37.5 Å². The van der Waals surface area contributed by atoms with Crippen LogP contribution in [-0.4, -0.2) is 77.0 Å². The zero-order valence-corrected chi connectivity index (χ0v) is 29.1. The van der Waals surface area contributed by atoms with Crippen molar-refractivity contribution in [2.45, 2.75) is 111 Å². The Balaban J connectivity index is 1.95. The summed E-state index contributed by atoms with van der Waals surface area (Å²) < 4.78 is 5.33. The minimum Gasteiger partial charge on any atom is -0.460 e. The third kappa shape index (κ3) is 13.5. The molecule has 1 aliphatic heterocycles. The normalized spacial score (nSPS) is 17.4. The first-order valence-electron chi connectivity index (χ1n) is 16.7. The Labute approximate surface area is 283 Å². The van der Waals surface area contributed by atoms with Crippen molar-refractivity contribution in [1.29, 1.82) is 0 Å². The van der Waals surface area contributed by atoms with Crippen LogP contribution < -0.4 is 27.0 Å². The van der Waals surface area contributed by atoms with E-state index in [1.165, 1.54) is 4.90 Å². The number of nitrogens with one attached hydrogen (secondary N) is 4. The van der Waals surface area contributed by atoms with E-state index >= 15 is 0 Å². The van der Waals surface area contributed by atoms with Crippen LogP contribution in [0.4, 0.5) is 10.5 Å². The summed E-state index contributed by atoms with van der Waals surface area (Å²) in [5, 5.41) is 20.8. The molecule has 268 valence electrons. The Kier molecular flexibility index (Phi) is 15.8. The van der Waals surface area contributed by atoms with Crippen molar-refractivity contribution in [1.82, 2.24) is 20.9 Å². The summed E-state index contributed by atoms with van der Waals surface area (Å²) in [5.41, 5.74) is 5.72. The number of aliphatic hydroxyl groups excluding tert-OH is 1. The lowest BCUT2D eigenvalue weighted by molar-refractivity contribution is -0.154. The second-order valence-corrected chi connectivity index (χ2v) is 13.8. The molecule has 0 spiro atoms. The molecule has 4 atom stereocenters. The van der Waals surface area contributed by atoms with Crippen LogP contribution in [0, 0.1) is 17.3 Å². The third-order valence-electron chi connectivity index (χ3n) is 8.00. The van der Waals surface area contributed by atoms with Gasteiger partial charge >= 0.3 is 12.0 Å². The first-order valence-corrected chi connectivity index (χ1v) is 16.7. The lowest BCUT2D eigenvalue weighted by Gasteiger charge is -2.25. The van der Waals surface area contributed by atoms with Gasteiger partial charge in [-0.2, -0.15) is 0 Å². The van der Waals surface area contributed by atoms with Crippen LogP contribution >= 0.6 is 0 Å². The maximum Gasteiger partial charge on any atom is 0.312 e. The summed E-state index contributed by atoms with van der Waals surface area (Å²) in [6.45, 7) is 11.4. The summed E-state index contributed by atoms with van der Waals surface area (Å²) >= 11 is 0. The number of nitrogens with two attached hydrogens (primary N) is 1. The van der Waals surface area contributed by atoms with E-state index in [9.17, 15) is 33.9 Å². The van der Waals surface area contributed by atoms with Gasteiger partial charge < -0.3 is 41.7 Å². The summed E-state index contributed by atoms with van der Waals surface area (Å²) in [6, 6.07) is 4.18. The summed E-state index contributed by atoms with van der Waals surface area (Å²) in [7, 11) is 0. The van der Waals surface area contributed by atoms with Gasteiger partial charge in [0.05, 0.1) is 5.41 Å². The smallest absolute Gasteiger partial charge is 0.312 e. The Morgan fingerprint density at radius 1 is 1.00 bits per heavy atom. The van der Waals surface area contributed by atoms with Crippen LogP contribution in [0.1, 0.15) is 92.1 Å². The molecule has 1 heterocycles. The first kappa shape index (κ1) is 40.0. The number of carbonyl (C=O) groups is 6. The number of urea groups is 1. The molecule has 1 fully saturated rings. The van der Waals surface area contributed by atoms with E-state index in [0.29, 0.717) is 44.3 Å². The predicted octanol–water partition coefficient (Wildman–Crippen LogP) is 2.54. The van der Waals surface area contributed by atoms with Crippen molar-refractivity contribution in [3.05, 3.63) is 29.8 Å². The van der Waals surface area contributed by atoms with Crippen molar-refractivity contribution < 1.29 is 38.6 Å². The van der Waals surface area contributed by atoms with E-state index in [1.807, 2.05) is 0 Å². The van der Waals surface area contributed by atoms with Gasteiger partial charge in [0.2, 0.25) is 23.6 Å². The fraction of sp³-hybridized carbons (Fsp3) is 0.647. The van der Waals surface area contributed by atoms with Crippen LogP contribution in [0.3, 0.4) is 0 Å². The molecule has 0 aliphatic carbocycles. The lowest BCUT2D eigenvalue weighted by Crippen LogP contribution is -2.54. The number of likely N-dealkylation sites (tertiary alicyclic amines) is 1. The average Bonchev–Trinajstić information content (AvgIpc) is 3.25. The summed E-state index contributed by atoms with van der Waals surface area (Å²) in [6.07, 6.45) is 2.23. The highest BCUT2D eigenvalue weighted by molar-refractivity contribution is 5.98. The SMILES string of the molecule is CC1CC(O)N(CCCCCC(=O)NC(C(=O)NC(CCCNC(N)=O)C(=O)Nc2ccc(COC(=O)C(C)(C)C)cc2)C(C)C)C1=O. The van der Waals surface area contributed by atoms with Gasteiger partial charge in [-0.25, -0.2) is 4.79 Å². The average molecular weight is 675 g/mol. The molecule has 1 aliphatic rings. The van der Waals surface area contributed by atoms with Gasteiger partial charge in [0.25, 0.3) is 0 Å². The maximum absolute atomic E-state index is 13.4. The number of benzene rings is 1. The summed E-state index contributed by atoms with van der Waals surface area (Å²) in [5.74, 6) is -2.17. The maximum atomic E-state index is 13.4. The van der Waals surface area contributed by atoms with Crippen LogP contribution in [0.15, 0.2) is 24.3 Å². The molecular weight excluding hydrogens is 620 g/mol. The monoisotopic (exact) mass is 674 g/mol. The van der Waals surface area contributed by atoms with E-state index in [0.717, 1.165) is 5.56 Å². The molecule has 2 rings (SSSR count). The Morgan fingerprint density at radius 3 is 2.23 bits per heavy atom. The van der Waals surface area contributed by atoms with Gasteiger partial charge in [-0.3, -0.25) is 24.0 Å². The molecule has 0 aromatic heterocycles. The lowest BCUT2D eigenvalue weighted by atomic mass is 9.97. The van der Waals surface area contributed by atoms with Crippen molar-refractivity contribution in [2.24, 2.45) is 23.0 Å². The molecule has 4 unspecified atom stereocenters. The number of rotatable bonds is 18. The number of hydrogen-bond donors (Lipinski definition) is 6. The third-order valence-corrected chi connectivity index (χ3v) is 8.00. The molecule has 1 aromatic carbocycles.